The summed E-state index contributed by atoms with van der Waals surface area (Å²) in [6.07, 6.45) is 3.18. The van der Waals surface area contributed by atoms with Gasteiger partial charge in [0.1, 0.15) is 0 Å². The summed E-state index contributed by atoms with van der Waals surface area (Å²) in [5.41, 5.74) is 5.16. The molecule has 0 aliphatic carbocycles. The molecule has 0 rings (SSSR count). The molecule has 0 saturated heterocycles. The van der Waals surface area contributed by atoms with Crippen LogP contribution in [0.25, 0.3) is 0 Å². The van der Waals surface area contributed by atoms with Crippen LogP contribution in [0.1, 0.15) is 0 Å². The molecule has 4 nitrogen and oxygen atoms in total. The van der Waals surface area contributed by atoms with Crippen molar-refractivity contribution in [2.24, 2.45) is 5.73 Å². The van der Waals surface area contributed by atoms with E-state index in [0.29, 0.717) is 13.1 Å². The third kappa shape index (κ3) is 7.48. The van der Waals surface area contributed by atoms with Crippen molar-refractivity contribution in [3.05, 3.63) is 0 Å². The van der Waals surface area contributed by atoms with Crippen molar-refractivity contribution in [2.45, 2.75) is 0 Å². The lowest BCUT2D eigenvalue weighted by atomic mass is 10.6. The first-order chi connectivity index (χ1) is 4.95. The number of rotatable bonds is 4. The molecule has 1 amide bonds. The summed E-state index contributed by atoms with van der Waals surface area (Å²) < 4.78 is 11.1. The van der Waals surface area contributed by atoms with Crippen LogP contribution in [0.5, 0.6) is 0 Å². The van der Waals surface area contributed by atoms with Gasteiger partial charge < -0.3 is 11.1 Å². The Balaban J connectivity index is 3.62. The van der Waals surface area contributed by atoms with E-state index in [1.165, 1.54) is 0 Å². The number of carbonyl (C=O) groups excluding carboxylic acids is 1. The number of amides is 1. The molecule has 0 fully saturated rings. The van der Waals surface area contributed by atoms with Crippen LogP contribution in [0.2, 0.25) is 0 Å². The van der Waals surface area contributed by atoms with E-state index in [-0.39, 0.29) is 11.7 Å². The van der Waals surface area contributed by atoms with Gasteiger partial charge in [0.15, 0.2) is 0 Å². The van der Waals surface area contributed by atoms with Gasteiger partial charge in [0.25, 0.3) is 0 Å². The van der Waals surface area contributed by atoms with Gasteiger partial charge in [-0.3, -0.25) is 9.00 Å². The number of hydrogen-bond donors (Lipinski definition) is 3. The zero-order valence-electron chi connectivity index (χ0n) is 6.96. The number of carbonyl (C=O) groups is 1. The predicted octanol–water partition coefficient (Wildman–Crippen LogP) is -1.66. The van der Waals surface area contributed by atoms with Crippen LogP contribution in [-0.4, -0.2) is 41.5 Å². The lowest BCUT2D eigenvalue weighted by Gasteiger charge is -2.10. The second-order valence-corrected chi connectivity index (χ2v) is 6.33. The van der Waals surface area contributed by atoms with Gasteiger partial charge in [-0.1, -0.05) is 0 Å². The van der Waals surface area contributed by atoms with Gasteiger partial charge in [-0.05, 0) is 12.5 Å². The molecule has 0 aromatic carbocycles. The maximum atomic E-state index is 11.1. The van der Waals surface area contributed by atoms with Gasteiger partial charge in [-0.25, -0.2) is 0 Å². The van der Waals surface area contributed by atoms with Crippen LogP contribution in [0.3, 0.4) is 0 Å². The Kier molecular flexibility index (Phi) is 4.29. The van der Waals surface area contributed by atoms with Crippen LogP contribution in [-0.2, 0) is 14.7 Å². The third-order valence-electron chi connectivity index (χ3n) is 0.991. The van der Waals surface area contributed by atoms with Crippen LogP contribution in [0.15, 0.2) is 0 Å². The lowest BCUT2D eigenvalue weighted by molar-refractivity contribution is -0.118. The van der Waals surface area contributed by atoms with Crippen LogP contribution in [0.4, 0.5) is 0 Å². The predicted molar refractivity (Wildman–Crippen MR) is 48.3 cm³/mol. The molecule has 5 heteroatoms. The Morgan fingerprint density at radius 3 is 2.45 bits per heavy atom. The highest BCUT2D eigenvalue weighted by Gasteiger charge is 2.07. The van der Waals surface area contributed by atoms with E-state index in [2.05, 4.69) is 5.32 Å². The van der Waals surface area contributed by atoms with Gasteiger partial charge >= 0.3 is 0 Å². The smallest absolute Gasteiger partial charge is 0.230 e. The molecule has 0 spiro atoms. The summed E-state index contributed by atoms with van der Waals surface area (Å²) in [5.74, 6) is -0.0590. The molecule has 0 unspecified atom stereocenters. The van der Waals surface area contributed by atoms with E-state index in [0.717, 1.165) is 0 Å². The average Bonchev–Trinajstić information content (AvgIpc) is 1.79. The largest absolute Gasteiger partial charge is 0.354 e. The molecule has 0 saturated carbocycles. The fraction of sp³-hybridized carbons (Fsp3) is 0.833. The SMILES string of the molecule is C[SH](C)(=O)CC(=O)NCCN. The molecular formula is C6H16N2O2S. The van der Waals surface area contributed by atoms with Crippen molar-refractivity contribution in [1.82, 2.24) is 5.32 Å². The normalized spacial score (nSPS) is 12.6. The Bertz CT molecular complexity index is 175. The first-order valence-corrected chi connectivity index (χ1v) is 6.25. The van der Waals surface area contributed by atoms with Gasteiger partial charge in [-0.2, -0.15) is 0 Å². The summed E-state index contributed by atoms with van der Waals surface area (Å²) in [5, 5.41) is 2.55. The highest BCUT2D eigenvalue weighted by molar-refractivity contribution is 8.02. The summed E-state index contributed by atoms with van der Waals surface area (Å²) in [6, 6.07) is 0. The Morgan fingerprint density at radius 2 is 2.09 bits per heavy atom. The molecule has 0 heterocycles. The van der Waals surface area contributed by atoms with E-state index in [1.807, 2.05) is 0 Å². The molecular weight excluding hydrogens is 164 g/mol. The Morgan fingerprint density at radius 1 is 1.55 bits per heavy atom. The van der Waals surface area contributed by atoms with Gasteiger partial charge in [-0.15, -0.1) is 9.93 Å². The van der Waals surface area contributed by atoms with E-state index in [9.17, 15) is 9.00 Å². The first kappa shape index (κ1) is 10.6. The Hall–Kier alpha value is -0.420. The fourth-order valence-corrected chi connectivity index (χ4v) is 1.42. The third-order valence-corrected chi connectivity index (χ3v) is 2.04. The molecule has 0 aliphatic rings. The summed E-state index contributed by atoms with van der Waals surface area (Å²) in [6.45, 7) is 0.877. The maximum Gasteiger partial charge on any atom is 0.230 e. The topological polar surface area (TPSA) is 72.2 Å². The lowest BCUT2D eigenvalue weighted by Crippen LogP contribution is -2.35. The molecule has 0 atom stereocenters. The second kappa shape index (κ2) is 4.46. The van der Waals surface area contributed by atoms with E-state index in [4.69, 9.17) is 5.73 Å². The molecule has 3 N–H and O–H groups in total. The summed E-state index contributed by atoms with van der Waals surface area (Å²) in [7, 11) is -2.21. The maximum absolute atomic E-state index is 11.1. The molecule has 0 aromatic heterocycles. The minimum absolute atomic E-state index is 0.118. The zero-order chi connectivity index (χ0) is 8.91. The van der Waals surface area contributed by atoms with E-state index < -0.39 is 9.93 Å². The zero-order valence-corrected chi connectivity index (χ0v) is 7.86. The van der Waals surface area contributed by atoms with Crippen molar-refractivity contribution in [2.75, 3.05) is 31.4 Å². The molecule has 68 valence electrons. The fourth-order valence-electron chi connectivity index (χ4n) is 0.613. The van der Waals surface area contributed by atoms with Gasteiger partial charge in [0.05, 0.1) is 5.75 Å². The summed E-state index contributed by atoms with van der Waals surface area (Å²) in [4.78, 5) is 10.9. The van der Waals surface area contributed by atoms with Crippen molar-refractivity contribution in [3.63, 3.8) is 0 Å². The van der Waals surface area contributed by atoms with E-state index in [1.54, 1.807) is 12.5 Å². The number of nitrogens with two attached hydrogens (primary N) is 1. The molecule has 11 heavy (non-hydrogen) atoms. The highest BCUT2D eigenvalue weighted by atomic mass is 32.2. The first-order valence-electron chi connectivity index (χ1n) is 3.46. The number of thiol groups is 1. The molecule has 0 aliphatic heterocycles. The second-order valence-electron chi connectivity index (χ2n) is 2.87. The number of nitrogens with one attached hydrogen (secondary N) is 1. The van der Waals surface area contributed by atoms with Gasteiger partial charge in [0, 0.05) is 13.1 Å². The summed E-state index contributed by atoms with van der Waals surface area (Å²) >= 11 is 0. The monoisotopic (exact) mass is 180 g/mol. The van der Waals surface area contributed by atoms with E-state index >= 15 is 0 Å². The van der Waals surface area contributed by atoms with Crippen LogP contribution >= 0.6 is 0 Å². The molecule has 0 bridgehead atoms. The van der Waals surface area contributed by atoms with Crippen molar-refractivity contribution in [1.29, 1.82) is 0 Å². The number of hydrogen-bond acceptors (Lipinski definition) is 3. The molecule has 0 radical (unpaired) electrons. The Labute approximate surface area is 68.0 Å². The standard InChI is InChI=1S/C6H16N2O2S/c1-11(2,10)5-6(9)8-4-3-7/h11H,3-5,7H2,1-2H3,(H,8,9). The van der Waals surface area contributed by atoms with Gasteiger partial charge in [0.2, 0.25) is 5.91 Å². The van der Waals surface area contributed by atoms with Crippen molar-refractivity contribution in [3.8, 4) is 0 Å². The highest BCUT2D eigenvalue weighted by Crippen LogP contribution is 1.90. The van der Waals surface area contributed by atoms with Crippen LogP contribution in [0, 0.1) is 0 Å². The van der Waals surface area contributed by atoms with Crippen molar-refractivity contribution < 1.29 is 9.00 Å². The molecule has 0 aromatic rings. The minimum Gasteiger partial charge on any atom is -0.354 e. The average molecular weight is 180 g/mol. The van der Waals surface area contributed by atoms with Crippen LogP contribution < -0.4 is 11.1 Å². The van der Waals surface area contributed by atoms with Crippen molar-refractivity contribution >= 4 is 15.8 Å². The minimum atomic E-state index is -2.21. The quantitative estimate of drug-likeness (QED) is 0.453.